The molecule has 1 amide bonds. The molecule has 0 aliphatic rings. The van der Waals surface area contributed by atoms with Gasteiger partial charge in [-0.05, 0) is 68.3 Å². The molecule has 1 aromatic heterocycles. The largest absolute Gasteiger partial charge is 0.318 e. The molecule has 0 spiro atoms. The Bertz CT molecular complexity index is 1540. The number of sulfonamides is 1. The molecule has 7 nitrogen and oxygen atoms in total. The summed E-state index contributed by atoms with van der Waals surface area (Å²) in [5.74, 6) is -0.349. The highest BCUT2D eigenvalue weighted by atomic mass is 32.2. The van der Waals surface area contributed by atoms with Gasteiger partial charge in [-0.15, -0.1) is 0 Å². The molecular formula is C29H30N4O3S. The summed E-state index contributed by atoms with van der Waals surface area (Å²) in [4.78, 5) is 12.6. The zero-order valence-electron chi connectivity index (χ0n) is 21.3. The maximum atomic E-state index is 12.6. The Morgan fingerprint density at radius 1 is 0.946 bits per heavy atom. The van der Waals surface area contributed by atoms with Gasteiger partial charge in [0.05, 0.1) is 24.7 Å². The highest BCUT2D eigenvalue weighted by Gasteiger charge is 2.18. The monoisotopic (exact) mass is 514 g/mol. The molecular weight excluding hydrogens is 484 g/mol. The number of aryl methyl sites for hydroxylation is 2. The molecule has 0 saturated heterocycles. The molecule has 0 aliphatic carbocycles. The van der Waals surface area contributed by atoms with E-state index in [1.807, 2.05) is 38.1 Å². The summed E-state index contributed by atoms with van der Waals surface area (Å²) in [6, 6.07) is 26.0. The number of hydrogen-bond acceptors (Lipinski definition) is 4. The third-order valence-electron chi connectivity index (χ3n) is 6.18. The van der Waals surface area contributed by atoms with Crippen molar-refractivity contribution in [2.45, 2.75) is 27.3 Å². The van der Waals surface area contributed by atoms with Crippen LogP contribution >= 0.6 is 0 Å². The lowest BCUT2D eigenvalue weighted by molar-refractivity contribution is 0.0955. The second-order valence-electron chi connectivity index (χ2n) is 8.95. The number of benzene rings is 3. The van der Waals surface area contributed by atoms with Gasteiger partial charge < -0.3 is 4.57 Å². The molecule has 1 N–H and O–H groups in total. The molecule has 1 heterocycles. The van der Waals surface area contributed by atoms with Crippen molar-refractivity contribution in [3.05, 3.63) is 119 Å². The molecule has 0 bridgehead atoms. The summed E-state index contributed by atoms with van der Waals surface area (Å²) in [7, 11) is -3.47. The number of anilines is 1. The van der Waals surface area contributed by atoms with E-state index < -0.39 is 10.0 Å². The molecule has 8 heteroatoms. The smallest absolute Gasteiger partial charge is 0.271 e. The minimum Gasteiger partial charge on any atom is -0.318 e. The highest BCUT2D eigenvalue weighted by molar-refractivity contribution is 7.92. The number of amides is 1. The molecule has 4 rings (SSSR count). The Hall–Kier alpha value is -4.17. The lowest BCUT2D eigenvalue weighted by Crippen LogP contribution is -2.29. The van der Waals surface area contributed by atoms with Crippen molar-refractivity contribution in [1.82, 2.24) is 9.99 Å². The number of nitrogens with one attached hydrogen (secondary N) is 1. The average Bonchev–Trinajstić information content (AvgIpc) is 3.15. The first-order chi connectivity index (χ1) is 17.6. The van der Waals surface area contributed by atoms with Crippen LogP contribution in [0.2, 0.25) is 0 Å². The fourth-order valence-electron chi connectivity index (χ4n) is 4.25. The molecule has 0 fully saturated rings. The fraction of sp³-hybridized carbons (Fsp3) is 0.172. The van der Waals surface area contributed by atoms with Gasteiger partial charge in [0.2, 0.25) is 10.0 Å². The lowest BCUT2D eigenvalue weighted by atomic mass is 10.1. The number of hydrogen-bond donors (Lipinski definition) is 1. The van der Waals surface area contributed by atoms with Gasteiger partial charge in [0.25, 0.3) is 5.91 Å². The molecule has 0 unspecified atom stereocenters. The summed E-state index contributed by atoms with van der Waals surface area (Å²) < 4.78 is 28.2. The molecule has 0 saturated carbocycles. The molecule has 0 atom stereocenters. The zero-order chi connectivity index (χ0) is 26.6. The number of carbonyl (C=O) groups is 1. The first kappa shape index (κ1) is 25.9. The van der Waals surface area contributed by atoms with Crippen LogP contribution in [0, 0.1) is 20.8 Å². The lowest BCUT2D eigenvalue weighted by Gasteiger charge is -2.22. The van der Waals surface area contributed by atoms with Crippen molar-refractivity contribution in [2.75, 3.05) is 10.6 Å². The van der Waals surface area contributed by atoms with E-state index in [4.69, 9.17) is 0 Å². The van der Waals surface area contributed by atoms with Crippen LogP contribution in [0.15, 0.2) is 90.0 Å². The Labute approximate surface area is 218 Å². The normalized spacial score (nSPS) is 11.6. The maximum Gasteiger partial charge on any atom is 0.271 e. The van der Waals surface area contributed by atoms with Gasteiger partial charge in [0, 0.05) is 28.2 Å². The molecule has 0 aliphatic heterocycles. The van der Waals surface area contributed by atoms with Crippen LogP contribution in [0.4, 0.5) is 5.69 Å². The summed E-state index contributed by atoms with van der Waals surface area (Å²) in [5, 5.41) is 4.17. The standard InChI is InChI=1S/C29H30N4O3S/c1-21-10-8-9-13-28(21)33-22(2)18-26(23(33)3)19-30-31-29(34)25-16-14-24(15-17-25)20-32(37(4,35)36)27-11-6-5-7-12-27/h5-19H,20H2,1-4H3,(H,31,34)/b30-19+. The fourth-order valence-corrected chi connectivity index (χ4v) is 5.14. The number of carbonyl (C=O) groups excluding carboxylic acids is 1. The van der Waals surface area contributed by atoms with E-state index in [0.717, 1.165) is 28.2 Å². The number of nitrogens with zero attached hydrogens (tertiary/aromatic N) is 3. The van der Waals surface area contributed by atoms with E-state index in [1.54, 1.807) is 54.7 Å². The van der Waals surface area contributed by atoms with Crippen molar-refractivity contribution in [1.29, 1.82) is 0 Å². The number of hydrazone groups is 1. The van der Waals surface area contributed by atoms with Crippen LogP contribution in [0.3, 0.4) is 0 Å². The SMILES string of the molecule is Cc1ccccc1-n1c(C)cc(/C=N/NC(=O)c2ccc(CN(c3ccccc3)S(C)(=O)=O)cc2)c1C. The predicted octanol–water partition coefficient (Wildman–Crippen LogP) is 5.13. The van der Waals surface area contributed by atoms with Crippen molar-refractivity contribution < 1.29 is 13.2 Å². The topological polar surface area (TPSA) is 83.8 Å². The van der Waals surface area contributed by atoms with Crippen LogP contribution in [-0.2, 0) is 16.6 Å². The van der Waals surface area contributed by atoms with Gasteiger partial charge in [-0.25, -0.2) is 13.8 Å². The van der Waals surface area contributed by atoms with Crippen molar-refractivity contribution in [3.8, 4) is 5.69 Å². The summed E-state index contributed by atoms with van der Waals surface area (Å²) in [6.07, 6.45) is 2.82. The Morgan fingerprint density at radius 2 is 1.59 bits per heavy atom. The number of aromatic nitrogens is 1. The average molecular weight is 515 g/mol. The third-order valence-corrected chi connectivity index (χ3v) is 7.32. The number of rotatable bonds is 8. The van der Waals surface area contributed by atoms with E-state index in [2.05, 4.69) is 34.2 Å². The van der Waals surface area contributed by atoms with Crippen LogP contribution < -0.4 is 9.73 Å². The van der Waals surface area contributed by atoms with E-state index in [-0.39, 0.29) is 12.5 Å². The highest BCUT2D eigenvalue weighted by Crippen LogP contribution is 2.23. The molecule has 0 radical (unpaired) electrons. The minimum absolute atomic E-state index is 0.166. The Kier molecular flexibility index (Phi) is 7.59. The maximum absolute atomic E-state index is 12.6. The quantitative estimate of drug-likeness (QED) is 0.261. The summed E-state index contributed by atoms with van der Waals surface area (Å²) in [6.45, 7) is 6.31. The van der Waals surface area contributed by atoms with Crippen LogP contribution in [-0.4, -0.2) is 31.4 Å². The third kappa shape index (κ3) is 5.98. The zero-order valence-corrected chi connectivity index (χ0v) is 22.2. The molecule has 4 aromatic rings. The van der Waals surface area contributed by atoms with E-state index in [1.165, 1.54) is 16.1 Å². The molecule has 190 valence electrons. The summed E-state index contributed by atoms with van der Waals surface area (Å²) >= 11 is 0. The van der Waals surface area contributed by atoms with Crippen LogP contribution in [0.25, 0.3) is 5.69 Å². The van der Waals surface area contributed by atoms with Gasteiger partial charge in [0.15, 0.2) is 0 Å². The minimum atomic E-state index is -3.47. The van der Waals surface area contributed by atoms with Gasteiger partial charge in [-0.3, -0.25) is 9.10 Å². The molecule has 3 aromatic carbocycles. The first-order valence-electron chi connectivity index (χ1n) is 11.8. The van der Waals surface area contributed by atoms with Crippen molar-refractivity contribution in [2.24, 2.45) is 5.10 Å². The Morgan fingerprint density at radius 3 is 2.24 bits per heavy atom. The van der Waals surface area contributed by atoms with E-state index in [0.29, 0.717) is 11.3 Å². The number of para-hydroxylation sites is 2. The summed E-state index contributed by atoms with van der Waals surface area (Å²) in [5.41, 5.74) is 9.67. The van der Waals surface area contributed by atoms with E-state index in [9.17, 15) is 13.2 Å². The van der Waals surface area contributed by atoms with Gasteiger partial charge >= 0.3 is 0 Å². The van der Waals surface area contributed by atoms with Gasteiger partial charge in [-0.2, -0.15) is 5.10 Å². The first-order valence-corrected chi connectivity index (χ1v) is 13.7. The molecule has 37 heavy (non-hydrogen) atoms. The van der Waals surface area contributed by atoms with Crippen molar-refractivity contribution >= 4 is 27.8 Å². The van der Waals surface area contributed by atoms with Crippen LogP contribution in [0.5, 0.6) is 0 Å². The second kappa shape index (κ2) is 10.8. The van der Waals surface area contributed by atoms with Gasteiger partial charge in [-0.1, -0.05) is 48.5 Å². The predicted molar refractivity (Wildman–Crippen MR) is 149 cm³/mol. The van der Waals surface area contributed by atoms with Gasteiger partial charge in [0.1, 0.15) is 0 Å². The van der Waals surface area contributed by atoms with E-state index >= 15 is 0 Å². The van der Waals surface area contributed by atoms with Crippen molar-refractivity contribution in [3.63, 3.8) is 0 Å². The van der Waals surface area contributed by atoms with Crippen LogP contribution in [0.1, 0.15) is 38.4 Å². The second-order valence-corrected chi connectivity index (χ2v) is 10.9. The Balaban J connectivity index is 1.44.